The molecule has 192 valence electrons. The average Bonchev–Trinajstić information content (AvgIpc) is 3.20. The molecule has 1 atom stereocenters. The number of hydrogen-bond acceptors (Lipinski definition) is 8. The first-order chi connectivity index (χ1) is 17.7. The lowest BCUT2D eigenvalue weighted by Crippen LogP contribution is -2.61. The largest absolute Gasteiger partial charge is 0.374 e. The maximum Gasteiger partial charge on any atom is 0.319 e. The van der Waals surface area contributed by atoms with Gasteiger partial charge in [0.1, 0.15) is 10.5 Å². The summed E-state index contributed by atoms with van der Waals surface area (Å²) in [4.78, 5) is 42.5. The summed E-state index contributed by atoms with van der Waals surface area (Å²) in [6.45, 7) is 5.04. The minimum atomic E-state index is -0.321. The number of fused-ring (bicyclic) bond motifs is 1. The van der Waals surface area contributed by atoms with E-state index in [1.807, 2.05) is 32.0 Å². The van der Waals surface area contributed by atoms with Crippen LogP contribution in [0.1, 0.15) is 22.4 Å². The summed E-state index contributed by atoms with van der Waals surface area (Å²) in [5.74, 6) is -0.318. The number of allylic oxidation sites excluding steroid dienone is 2. The number of urea groups is 1. The number of nitrogens with zero attached hydrogens (tertiary/aromatic N) is 5. The number of rotatable bonds is 6. The van der Waals surface area contributed by atoms with Gasteiger partial charge in [0.25, 0.3) is 5.91 Å². The predicted molar refractivity (Wildman–Crippen MR) is 141 cm³/mol. The van der Waals surface area contributed by atoms with Crippen molar-refractivity contribution in [2.75, 3.05) is 37.3 Å². The Balaban J connectivity index is 1.27. The van der Waals surface area contributed by atoms with Crippen molar-refractivity contribution < 1.29 is 14.0 Å². The molecule has 2 aliphatic heterocycles. The van der Waals surface area contributed by atoms with Gasteiger partial charge in [-0.3, -0.25) is 4.79 Å². The number of benzene rings is 1. The lowest BCUT2D eigenvalue weighted by Gasteiger charge is -2.39. The molecule has 12 heteroatoms. The second kappa shape index (κ2) is 10.1. The third-order valence-electron chi connectivity index (χ3n) is 6.10. The number of amides is 3. The van der Waals surface area contributed by atoms with E-state index in [2.05, 4.69) is 30.9 Å². The van der Waals surface area contributed by atoms with Crippen LogP contribution in [0.3, 0.4) is 0 Å². The van der Waals surface area contributed by atoms with Crippen LogP contribution in [-0.2, 0) is 0 Å². The number of carbonyl (C=O) groups is 2. The van der Waals surface area contributed by atoms with Gasteiger partial charge in [-0.05, 0) is 37.6 Å². The number of hydrogen-bond donors (Lipinski definition) is 3. The van der Waals surface area contributed by atoms with Crippen LogP contribution in [-0.4, -0.2) is 75.5 Å². The number of aromatic nitrogens is 3. The Bertz CT molecular complexity index is 1400. The highest BCUT2D eigenvalue weighted by Gasteiger charge is 2.34. The molecular formula is C25H27FN8O2S. The number of likely N-dealkylation sites (N-methyl/N-ethyl adjacent to an activating group) is 1. The van der Waals surface area contributed by atoms with Gasteiger partial charge < -0.3 is 25.8 Å². The van der Waals surface area contributed by atoms with Crippen LogP contribution in [0.5, 0.6) is 0 Å². The second-order valence-corrected chi connectivity index (χ2v) is 10.4. The maximum absolute atomic E-state index is 13.9. The van der Waals surface area contributed by atoms with Crippen LogP contribution in [0.25, 0.3) is 10.3 Å². The summed E-state index contributed by atoms with van der Waals surface area (Å²) in [6.07, 6.45) is 2.94. The van der Waals surface area contributed by atoms with Crippen LogP contribution in [0.15, 0.2) is 54.0 Å². The van der Waals surface area contributed by atoms with E-state index >= 15 is 0 Å². The van der Waals surface area contributed by atoms with Crippen molar-refractivity contribution in [2.45, 2.75) is 25.9 Å². The molecule has 0 radical (unpaired) electrons. The minimum absolute atomic E-state index is 0.163. The highest BCUT2D eigenvalue weighted by Crippen LogP contribution is 2.27. The third kappa shape index (κ3) is 5.53. The number of para-hydroxylation sites is 1. The number of carbonyl (C=O) groups excluding carboxylic acids is 2. The lowest BCUT2D eigenvalue weighted by atomic mass is 10.1. The molecule has 1 fully saturated rings. The molecule has 0 aliphatic carbocycles. The van der Waals surface area contributed by atoms with Crippen molar-refractivity contribution in [1.82, 2.24) is 30.1 Å². The normalized spacial score (nSPS) is 16.5. The highest BCUT2D eigenvalue weighted by molar-refractivity contribution is 7.18. The summed E-state index contributed by atoms with van der Waals surface area (Å²) in [5, 5.41) is 9.63. The molecular weight excluding hydrogens is 495 g/mol. The molecule has 1 unspecified atom stereocenters. The molecule has 0 spiro atoms. The van der Waals surface area contributed by atoms with Gasteiger partial charge in [0, 0.05) is 44.6 Å². The van der Waals surface area contributed by atoms with Crippen molar-refractivity contribution in [1.29, 1.82) is 0 Å². The Hall–Kier alpha value is -4.06. The Morgan fingerprint density at radius 1 is 1.16 bits per heavy atom. The number of thiazole rings is 1. The maximum atomic E-state index is 13.9. The summed E-state index contributed by atoms with van der Waals surface area (Å²) in [6, 6.07) is 8.41. The summed E-state index contributed by atoms with van der Waals surface area (Å²) >= 11 is 1.36. The van der Waals surface area contributed by atoms with E-state index in [1.165, 1.54) is 23.6 Å². The van der Waals surface area contributed by atoms with Gasteiger partial charge in [0.05, 0.1) is 11.0 Å². The molecule has 4 heterocycles. The summed E-state index contributed by atoms with van der Waals surface area (Å²) in [5.41, 5.74) is 2.23. The minimum Gasteiger partial charge on any atom is -0.374 e. The first kappa shape index (κ1) is 24.6. The van der Waals surface area contributed by atoms with Gasteiger partial charge in [0.15, 0.2) is 11.3 Å². The van der Waals surface area contributed by atoms with E-state index in [4.69, 9.17) is 0 Å². The molecule has 3 N–H and O–H groups in total. The van der Waals surface area contributed by atoms with E-state index < -0.39 is 0 Å². The molecule has 0 bridgehead atoms. The van der Waals surface area contributed by atoms with Gasteiger partial charge in [0.2, 0.25) is 5.95 Å². The summed E-state index contributed by atoms with van der Waals surface area (Å²) < 4.78 is 14.5. The molecule has 1 aromatic carbocycles. The molecule has 2 aromatic heterocycles. The SMILES string of the molecule is Cc1nc2nc(NC(C)C3=CC(F)=CN(C)C3)nc(C(=O)N3CC(NC(=O)Nc4ccccc4)C3)c2s1. The standard InChI is InChI=1S/C25H27FN8O2S/c1-14(16-9-17(26)11-33(3)10-16)27-24-31-20(21-22(32-24)28-15(2)37-21)23(35)34-12-19(13-34)30-25(36)29-18-7-5-4-6-8-18/h4-9,11,14,19H,10,12-13H2,1-3H3,(H,27,31,32)(H2,29,30,36). The highest BCUT2D eigenvalue weighted by atomic mass is 32.1. The van der Waals surface area contributed by atoms with Gasteiger partial charge >= 0.3 is 6.03 Å². The van der Waals surface area contributed by atoms with Crippen LogP contribution in [0.4, 0.5) is 20.8 Å². The fraction of sp³-hybridized carbons (Fsp3) is 0.320. The van der Waals surface area contributed by atoms with Crippen molar-refractivity contribution in [3.05, 3.63) is 64.7 Å². The van der Waals surface area contributed by atoms with E-state index in [0.717, 1.165) is 10.6 Å². The topological polar surface area (TPSA) is 115 Å². The van der Waals surface area contributed by atoms with Crippen LogP contribution in [0.2, 0.25) is 0 Å². The Labute approximate surface area is 217 Å². The molecule has 5 rings (SSSR count). The Morgan fingerprint density at radius 2 is 1.92 bits per heavy atom. The number of nitrogens with one attached hydrogen (secondary N) is 3. The number of anilines is 2. The first-order valence-electron chi connectivity index (χ1n) is 11.9. The van der Waals surface area contributed by atoms with E-state index in [9.17, 15) is 14.0 Å². The van der Waals surface area contributed by atoms with Crippen LogP contribution >= 0.6 is 11.3 Å². The number of halogens is 1. The van der Waals surface area contributed by atoms with Gasteiger partial charge in [-0.1, -0.05) is 18.2 Å². The molecule has 3 aromatic rings. The van der Waals surface area contributed by atoms with Gasteiger partial charge in [-0.15, -0.1) is 11.3 Å². The Kier molecular flexibility index (Phi) is 6.74. The monoisotopic (exact) mass is 522 g/mol. The first-order valence-corrected chi connectivity index (χ1v) is 12.7. The van der Waals surface area contributed by atoms with Crippen molar-refractivity contribution in [3.63, 3.8) is 0 Å². The smallest absolute Gasteiger partial charge is 0.319 e. The molecule has 3 amide bonds. The number of aryl methyl sites for hydroxylation is 1. The predicted octanol–water partition coefficient (Wildman–Crippen LogP) is 3.52. The van der Waals surface area contributed by atoms with Gasteiger partial charge in [-0.2, -0.15) is 4.98 Å². The molecule has 37 heavy (non-hydrogen) atoms. The fourth-order valence-corrected chi connectivity index (χ4v) is 5.09. The second-order valence-electron chi connectivity index (χ2n) is 9.17. The zero-order valence-electron chi connectivity index (χ0n) is 20.7. The zero-order valence-corrected chi connectivity index (χ0v) is 21.5. The van der Waals surface area contributed by atoms with Crippen LogP contribution in [0, 0.1) is 6.92 Å². The van der Waals surface area contributed by atoms with Crippen molar-refractivity contribution in [2.24, 2.45) is 0 Å². The molecule has 2 aliphatic rings. The van der Waals surface area contributed by atoms with Crippen molar-refractivity contribution in [3.8, 4) is 0 Å². The van der Waals surface area contributed by atoms with E-state index in [-0.39, 0.29) is 41.5 Å². The van der Waals surface area contributed by atoms with Crippen molar-refractivity contribution >= 4 is 45.3 Å². The summed E-state index contributed by atoms with van der Waals surface area (Å²) in [7, 11) is 1.80. The zero-order chi connectivity index (χ0) is 26.1. The average molecular weight is 523 g/mol. The van der Waals surface area contributed by atoms with E-state index in [0.29, 0.717) is 35.7 Å². The molecule has 0 saturated carbocycles. The molecule has 10 nitrogen and oxygen atoms in total. The molecule has 1 saturated heterocycles. The number of likely N-dealkylation sites (tertiary alicyclic amines) is 1. The Morgan fingerprint density at radius 3 is 2.65 bits per heavy atom. The third-order valence-corrected chi connectivity index (χ3v) is 7.07. The van der Waals surface area contributed by atoms with Crippen LogP contribution < -0.4 is 16.0 Å². The quantitative estimate of drug-likeness (QED) is 0.454. The lowest BCUT2D eigenvalue weighted by molar-refractivity contribution is 0.0576. The fourth-order valence-electron chi connectivity index (χ4n) is 4.25. The van der Waals surface area contributed by atoms with Gasteiger partial charge in [-0.25, -0.2) is 19.2 Å². The van der Waals surface area contributed by atoms with E-state index in [1.54, 1.807) is 29.0 Å².